The van der Waals surface area contributed by atoms with E-state index < -0.39 is 4.92 Å². The van der Waals surface area contributed by atoms with Crippen molar-refractivity contribution in [1.82, 2.24) is 9.97 Å². The fraction of sp³-hybridized carbons (Fsp3) is 0.167. The Morgan fingerprint density at radius 1 is 1.40 bits per heavy atom. The topological polar surface area (TPSA) is 90.2 Å². The number of hydrogen-bond acceptors (Lipinski definition) is 6. The maximum absolute atomic E-state index is 10.8. The summed E-state index contributed by atoms with van der Waals surface area (Å²) in [6, 6.07) is 4.42. The molecule has 0 spiro atoms. The highest BCUT2D eigenvalue weighted by atomic mass is 79.9. The minimum atomic E-state index is -0.472. The summed E-state index contributed by atoms with van der Waals surface area (Å²) >= 11 is 3.32. The maximum Gasteiger partial charge on any atom is 0.273 e. The Kier molecular flexibility index (Phi) is 4.14. The number of aromatic nitrogens is 2. The van der Waals surface area contributed by atoms with E-state index in [2.05, 4.69) is 31.2 Å². The fourth-order valence-electron chi connectivity index (χ4n) is 1.52. The molecule has 0 fully saturated rings. The molecule has 1 N–H and O–H groups in total. The largest absolute Gasteiger partial charge is 0.437 e. The van der Waals surface area contributed by atoms with Gasteiger partial charge in [0, 0.05) is 13.1 Å². The van der Waals surface area contributed by atoms with E-state index in [1.807, 2.05) is 0 Å². The van der Waals surface area contributed by atoms with Gasteiger partial charge in [-0.25, -0.2) is 9.97 Å². The van der Waals surface area contributed by atoms with Crippen molar-refractivity contribution in [3.63, 3.8) is 0 Å². The van der Waals surface area contributed by atoms with Crippen molar-refractivity contribution in [2.45, 2.75) is 6.92 Å². The molecule has 0 radical (unpaired) electrons. The molecule has 1 aromatic carbocycles. The van der Waals surface area contributed by atoms with Gasteiger partial charge in [0.15, 0.2) is 0 Å². The van der Waals surface area contributed by atoms with Crippen LogP contribution in [0.1, 0.15) is 5.56 Å². The van der Waals surface area contributed by atoms with Gasteiger partial charge in [0.1, 0.15) is 22.4 Å². The number of nitro benzene ring substituents is 1. The Morgan fingerprint density at radius 2 is 2.15 bits per heavy atom. The molecule has 0 saturated carbocycles. The lowest BCUT2D eigenvalue weighted by Crippen LogP contribution is -1.99. The van der Waals surface area contributed by atoms with E-state index in [1.165, 1.54) is 18.5 Å². The van der Waals surface area contributed by atoms with Crippen molar-refractivity contribution in [3.8, 4) is 11.6 Å². The van der Waals surface area contributed by atoms with E-state index in [-0.39, 0.29) is 11.6 Å². The number of ether oxygens (including phenoxy) is 1. The molecular weight excluding hydrogens is 328 g/mol. The van der Waals surface area contributed by atoms with E-state index >= 15 is 0 Å². The minimum absolute atomic E-state index is 0.0374. The van der Waals surface area contributed by atoms with Crippen molar-refractivity contribution < 1.29 is 9.66 Å². The summed E-state index contributed by atoms with van der Waals surface area (Å²) in [6.45, 7) is 1.80. The van der Waals surface area contributed by atoms with E-state index in [1.54, 1.807) is 20.0 Å². The first-order valence-corrected chi connectivity index (χ1v) is 6.43. The lowest BCUT2D eigenvalue weighted by molar-refractivity contribution is -0.384. The third kappa shape index (κ3) is 2.85. The second-order valence-corrected chi connectivity index (χ2v) is 4.69. The van der Waals surface area contributed by atoms with Crippen LogP contribution in [-0.2, 0) is 0 Å². The number of halogens is 1. The van der Waals surface area contributed by atoms with Crippen LogP contribution in [0.4, 0.5) is 11.5 Å². The van der Waals surface area contributed by atoms with Gasteiger partial charge in [-0.2, -0.15) is 0 Å². The Hall–Kier alpha value is -2.22. The molecule has 8 heteroatoms. The molecule has 1 aromatic heterocycles. The number of non-ortho nitro benzene ring substituents is 1. The molecule has 0 saturated heterocycles. The number of aryl methyl sites for hydroxylation is 1. The summed E-state index contributed by atoms with van der Waals surface area (Å²) in [6.07, 6.45) is 1.35. The first-order valence-electron chi connectivity index (χ1n) is 5.64. The smallest absolute Gasteiger partial charge is 0.273 e. The van der Waals surface area contributed by atoms with E-state index in [0.717, 1.165) is 5.56 Å². The third-order valence-corrected chi connectivity index (χ3v) is 3.30. The van der Waals surface area contributed by atoms with Crippen LogP contribution >= 0.6 is 15.9 Å². The van der Waals surface area contributed by atoms with Gasteiger partial charge in [0.2, 0.25) is 5.88 Å². The van der Waals surface area contributed by atoms with Crippen LogP contribution in [0, 0.1) is 17.0 Å². The van der Waals surface area contributed by atoms with Crippen LogP contribution in [0.25, 0.3) is 0 Å². The number of rotatable bonds is 4. The molecule has 0 amide bonds. The van der Waals surface area contributed by atoms with Gasteiger partial charge >= 0.3 is 0 Å². The number of anilines is 1. The summed E-state index contributed by atoms with van der Waals surface area (Å²) in [5, 5.41) is 13.7. The van der Waals surface area contributed by atoms with Crippen LogP contribution in [-0.4, -0.2) is 21.9 Å². The van der Waals surface area contributed by atoms with Gasteiger partial charge < -0.3 is 10.1 Å². The average Bonchev–Trinajstić information content (AvgIpc) is 2.43. The molecular formula is C12H11BrN4O3. The van der Waals surface area contributed by atoms with Crippen molar-refractivity contribution in [3.05, 3.63) is 44.7 Å². The third-order valence-electron chi connectivity index (χ3n) is 2.58. The Labute approximate surface area is 123 Å². The van der Waals surface area contributed by atoms with E-state index in [4.69, 9.17) is 4.74 Å². The lowest BCUT2D eigenvalue weighted by atomic mass is 10.2. The van der Waals surface area contributed by atoms with Gasteiger partial charge in [-0.3, -0.25) is 10.1 Å². The first kappa shape index (κ1) is 14.2. The fourth-order valence-corrected chi connectivity index (χ4v) is 2.00. The quantitative estimate of drug-likeness (QED) is 0.679. The summed E-state index contributed by atoms with van der Waals surface area (Å²) < 4.78 is 6.18. The standard InChI is InChI=1S/C12H11BrN4O3/c1-7-3-4-8(17(18)19)5-9(7)20-12-10(13)11(14-2)15-6-16-12/h3-6H,1-2H3,(H,14,15,16). The zero-order valence-electron chi connectivity index (χ0n) is 10.8. The summed E-state index contributed by atoms with van der Waals surface area (Å²) in [7, 11) is 1.72. The maximum atomic E-state index is 10.8. The molecule has 20 heavy (non-hydrogen) atoms. The molecule has 0 aliphatic heterocycles. The highest BCUT2D eigenvalue weighted by Gasteiger charge is 2.14. The lowest BCUT2D eigenvalue weighted by Gasteiger charge is -2.10. The van der Waals surface area contributed by atoms with E-state index in [0.29, 0.717) is 16.0 Å². The number of benzene rings is 1. The van der Waals surface area contributed by atoms with Crippen LogP contribution in [0.5, 0.6) is 11.6 Å². The average molecular weight is 339 g/mol. The predicted octanol–water partition coefficient (Wildman–Crippen LogP) is 3.29. The van der Waals surface area contributed by atoms with Crippen LogP contribution in [0.3, 0.4) is 0 Å². The van der Waals surface area contributed by atoms with Gasteiger partial charge in [0.05, 0.1) is 11.0 Å². The Morgan fingerprint density at radius 3 is 2.80 bits per heavy atom. The van der Waals surface area contributed by atoms with Crippen LogP contribution in [0.15, 0.2) is 29.0 Å². The molecule has 0 atom stereocenters. The molecule has 0 aliphatic rings. The number of nitrogens with one attached hydrogen (secondary N) is 1. The zero-order chi connectivity index (χ0) is 14.7. The molecule has 0 aliphatic carbocycles. The van der Waals surface area contributed by atoms with Crippen LogP contribution < -0.4 is 10.1 Å². The normalized spacial score (nSPS) is 10.2. The highest BCUT2D eigenvalue weighted by molar-refractivity contribution is 9.10. The zero-order valence-corrected chi connectivity index (χ0v) is 12.3. The summed E-state index contributed by atoms with van der Waals surface area (Å²) in [5.74, 6) is 1.23. The Balaban J connectivity index is 2.39. The van der Waals surface area contributed by atoms with Crippen LogP contribution in [0.2, 0.25) is 0 Å². The second-order valence-electron chi connectivity index (χ2n) is 3.90. The van der Waals surface area contributed by atoms with E-state index in [9.17, 15) is 10.1 Å². The van der Waals surface area contributed by atoms with Crippen molar-refractivity contribution >= 4 is 27.4 Å². The van der Waals surface area contributed by atoms with Gasteiger partial charge in [-0.1, -0.05) is 0 Å². The molecule has 104 valence electrons. The molecule has 2 aromatic rings. The summed E-state index contributed by atoms with van der Waals surface area (Å²) in [4.78, 5) is 18.3. The highest BCUT2D eigenvalue weighted by Crippen LogP contribution is 2.34. The Bertz CT molecular complexity index is 663. The van der Waals surface area contributed by atoms with Crippen molar-refractivity contribution in [1.29, 1.82) is 0 Å². The van der Waals surface area contributed by atoms with Gasteiger partial charge in [-0.05, 0) is 34.5 Å². The molecule has 2 rings (SSSR count). The first-order chi connectivity index (χ1) is 9.52. The van der Waals surface area contributed by atoms with Crippen molar-refractivity contribution in [2.24, 2.45) is 0 Å². The molecule has 0 unspecified atom stereocenters. The number of hydrogen-bond donors (Lipinski definition) is 1. The monoisotopic (exact) mass is 338 g/mol. The summed E-state index contributed by atoms with van der Waals surface area (Å²) in [5.41, 5.74) is 0.733. The SMILES string of the molecule is CNc1ncnc(Oc2cc([N+](=O)[O-])ccc2C)c1Br. The molecule has 0 bridgehead atoms. The predicted molar refractivity (Wildman–Crippen MR) is 77.2 cm³/mol. The van der Waals surface area contributed by atoms with Gasteiger partial charge in [-0.15, -0.1) is 0 Å². The number of nitrogens with zero attached hydrogens (tertiary/aromatic N) is 3. The number of nitro groups is 1. The minimum Gasteiger partial charge on any atom is -0.437 e. The van der Waals surface area contributed by atoms with Gasteiger partial charge in [0.25, 0.3) is 5.69 Å². The van der Waals surface area contributed by atoms with Crippen molar-refractivity contribution in [2.75, 3.05) is 12.4 Å². The second kappa shape index (κ2) is 5.83. The molecule has 1 heterocycles. The molecule has 7 nitrogen and oxygen atoms in total.